The summed E-state index contributed by atoms with van der Waals surface area (Å²) in [6, 6.07) is 0.711. The van der Waals surface area contributed by atoms with Gasteiger partial charge in [0.15, 0.2) is 0 Å². The molecular formula is C10H17N2OY+2. The van der Waals surface area contributed by atoms with Gasteiger partial charge in [-0.25, -0.2) is 0 Å². The molecule has 4 atom stereocenters. The summed E-state index contributed by atoms with van der Waals surface area (Å²) in [5.74, 6) is 0.566. The van der Waals surface area contributed by atoms with Crippen LogP contribution in [0.2, 0.25) is 0 Å². The van der Waals surface area contributed by atoms with Gasteiger partial charge in [0.25, 0.3) is 0 Å². The molecule has 2 fully saturated rings. The third-order valence-corrected chi connectivity index (χ3v) is 3.45. The van der Waals surface area contributed by atoms with Crippen molar-refractivity contribution in [2.45, 2.75) is 51.2 Å². The van der Waals surface area contributed by atoms with Crippen molar-refractivity contribution in [2.24, 2.45) is 5.92 Å². The number of amides is 1. The number of hydrogen-bond acceptors (Lipinski definition) is 2. The van der Waals surface area contributed by atoms with Gasteiger partial charge in [-0.1, -0.05) is 13.8 Å². The molecule has 3 nitrogen and oxygen atoms in total. The van der Waals surface area contributed by atoms with Gasteiger partial charge in [0, 0.05) is 12.1 Å². The maximum atomic E-state index is 11.6. The number of rotatable bonds is 0. The first-order valence-electron chi connectivity index (χ1n) is 5.19. The molecule has 0 spiro atoms. The van der Waals surface area contributed by atoms with Gasteiger partial charge < -0.3 is 15.4 Å². The summed E-state index contributed by atoms with van der Waals surface area (Å²) in [4.78, 5) is 11.6. The minimum Gasteiger partial charge on any atom is -0.649 e. The van der Waals surface area contributed by atoms with Gasteiger partial charge in [0.05, 0.1) is 5.91 Å². The van der Waals surface area contributed by atoms with Crippen molar-refractivity contribution < 1.29 is 37.5 Å². The summed E-state index contributed by atoms with van der Waals surface area (Å²) >= 11 is 0. The molecule has 0 aromatic rings. The van der Waals surface area contributed by atoms with Gasteiger partial charge in [0.1, 0.15) is 0 Å². The van der Waals surface area contributed by atoms with Crippen LogP contribution in [0, 0.1) is 5.92 Å². The standard InChI is InChI=1S/C10H18N2O.Y/c1-6-7(2)11-10(13)9-5-3-4-8(6)12-9;/h6-9,12H,3-5H2,1-2H3,(H,11,13);/q;+3/p-1. The molecule has 2 aliphatic rings. The number of carbonyl (C=O) groups is 1. The van der Waals surface area contributed by atoms with Crippen LogP contribution < -0.4 is 5.32 Å². The van der Waals surface area contributed by atoms with Gasteiger partial charge in [-0.2, -0.15) is 0 Å². The van der Waals surface area contributed by atoms with Crippen molar-refractivity contribution in [2.75, 3.05) is 0 Å². The van der Waals surface area contributed by atoms with Crippen LogP contribution in [0.25, 0.3) is 5.32 Å². The third-order valence-electron chi connectivity index (χ3n) is 3.45. The number of piperidine rings is 1. The Morgan fingerprint density at radius 1 is 1.36 bits per heavy atom. The molecule has 0 aliphatic carbocycles. The number of nitrogens with zero attached hydrogens (tertiary/aromatic N) is 1. The van der Waals surface area contributed by atoms with E-state index in [9.17, 15) is 4.79 Å². The average molecular weight is 270 g/mol. The molecule has 14 heavy (non-hydrogen) atoms. The molecule has 4 heteroatoms. The van der Waals surface area contributed by atoms with E-state index in [-0.39, 0.29) is 50.7 Å². The van der Waals surface area contributed by atoms with E-state index in [0.29, 0.717) is 12.0 Å². The second-order valence-corrected chi connectivity index (χ2v) is 4.32. The summed E-state index contributed by atoms with van der Waals surface area (Å²) in [6.07, 6.45) is 3.34. The minimum atomic E-state index is 0. The maximum absolute atomic E-state index is 11.6. The quantitative estimate of drug-likeness (QED) is 0.723. The van der Waals surface area contributed by atoms with E-state index in [1.807, 2.05) is 6.92 Å². The number of fused-ring (bicyclic) bond motifs is 2. The van der Waals surface area contributed by atoms with Crippen LogP contribution in [-0.4, -0.2) is 24.0 Å². The van der Waals surface area contributed by atoms with E-state index in [1.54, 1.807) is 0 Å². The first kappa shape index (κ1) is 12.6. The van der Waals surface area contributed by atoms with Crippen LogP contribution in [0.5, 0.6) is 0 Å². The fourth-order valence-electron chi connectivity index (χ4n) is 2.32. The van der Waals surface area contributed by atoms with E-state index >= 15 is 0 Å². The van der Waals surface area contributed by atoms with Crippen molar-refractivity contribution >= 4 is 5.91 Å². The second-order valence-electron chi connectivity index (χ2n) is 4.32. The van der Waals surface area contributed by atoms with Crippen LogP contribution in [0.1, 0.15) is 33.1 Å². The molecule has 2 heterocycles. The molecule has 2 rings (SSSR count). The number of carbonyl (C=O) groups excluding carboxylic acids is 1. The fraction of sp³-hybridized carbons (Fsp3) is 0.900. The Labute approximate surface area is 111 Å². The Morgan fingerprint density at radius 2 is 2.07 bits per heavy atom. The monoisotopic (exact) mass is 270 g/mol. The molecule has 2 aliphatic heterocycles. The first-order chi connectivity index (χ1) is 6.18. The molecular weight excluding hydrogens is 253 g/mol. The largest absolute Gasteiger partial charge is 3.00 e. The van der Waals surface area contributed by atoms with Crippen molar-refractivity contribution in [3.63, 3.8) is 0 Å². The third kappa shape index (κ3) is 2.37. The minimum absolute atomic E-state index is 0. The zero-order valence-electron chi connectivity index (χ0n) is 8.86. The molecule has 4 unspecified atom stereocenters. The van der Waals surface area contributed by atoms with Gasteiger partial charge in [0.2, 0.25) is 0 Å². The summed E-state index contributed by atoms with van der Waals surface area (Å²) in [5, 5.41) is 7.60. The van der Waals surface area contributed by atoms with Crippen LogP contribution in [-0.2, 0) is 37.5 Å². The van der Waals surface area contributed by atoms with E-state index in [4.69, 9.17) is 0 Å². The summed E-state index contributed by atoms with van der Waals surface area (Å²) in [6.45, 7) is 4.23. The van der Waals surface area contributed by atoms with Crippen molar-refractivity contribution in [3.8, 4) is 0 Å². The summed E-state index contributed by atoms with van der Waals surface area (Å²) in [7, 11) is 0. The molecule has 0 aromatic heterocycles. The Morgan fingerprint density at radius 3 is 2.79 bits per heavy atom. The summed E-state index contributed by atoms with van der Waals surface area (Å²) in [5.41, 5.74) is 0. The zero-order valence-corrected chi connectivity index (χ0v) is 11.7. The molecule has 0 saturated carbocycles. The van der Waals surface area contributed by atoms with Crippen molar-refractivity contribution in [1.82, 2.24) is 5.32 Å². The normalized spacial score (nSPS) is 42.0. The van der Waals surface area contributed by atoms with Crippen molar-refractivity contribution in [1.29, 1.82) is 0 Å². The Balaban J connectivity index is 0.000000980. The molecule has 1 N–H and O–H groups in total. The van der Waals surface area contributed by atoms with Gasteiger partial charge in [-0.05, 0) is 25.2 Å². The molecule has 1 amide bonds. The van der Waals surface area contributed by atoms with E-state index < -0.39 is 0 Å². The molecule has 74 valence electrons. The Bertz CT molecular complexity index is 222. The molecule has 0 aromatic carbocycles. The zero-order chi connectivity index (χ0) is 9.42. The van der Waals surface area contributed by atoms with Crippen LogP contribution in [0.3, 0.4) is 0 Å². The smallest absolute Gasteiger partial charge is 0.649 e. The van der Waals surface area contributed by atoms with Crippen LogP contribution in [0.4, 0.5) is 0 Å². The SMILES string of the molecule is CC1[N-]C(=O)C2CCCC(N2)C1C.[Y+3]. The Kier molecular flexibility index (Phi) is 4.54. The maximum Gasteiger partial charge on any atom is 3.00 e. The number of nitrogens with one attached hydrogen (secondary N) is 1. The predicted molar refractivity (Wildman–Crippen MR) is 51.6 cm³/mol. The van der Waals surface area contributed by atoms with E-state index in [2.05, 4.69) is 17.6 Å². The summed E-state index contributed by atoms with van der Waals surface area (Å²) < 4.78 is 0. The molecule has 2 saturated heterocycles. The van der Waals surface area contributed by atoms with Gasteiger partial charge in [-0.15, -0.1) is 6.04 Å². The Hall–Kier alpha value is 0.534. The topological polar surface area (TPSA) is 43.2 Å². The van der Waals surface area contributed by atoms with Gasteiger partial charge >= 0.3 is 32.7 Å². The molecule has 2 bridgehead atoms. The second kappa shape index (κ2) is 5.04. The predicted octanol–water partition coefficient (Wildman–Crippen LogP) is 1.43. The average Bonchev–Trinajstić information content (AvgIpc) is 2.21. The van der Waals surface area contributed by atoms with Gasteiger partial charge in [-0.3, -0.25) is 0 Å². The van der Waals surface area contributed by atoms with Crippen molar-refractivity contribution in [3.05, 3.63) is 5.32 Å². The first-order valence-corrected chi connectivity index (χ1v) is 5.19. The van der Waals surface area contributed by atoms with E-state index in [0.717, 1.165) is 6.42 Å². The fourth-order valence-corrected chi connectivity index (χ4v) is 2.32. The van der Waals surface area contributed by atoms with E-state index in [1.165, 1.54) is 12.8 Å². The van der Waals surface area contributed by atoms with Crippen LogP contribution >= 0.6 is 0 Å². The molecule has 0 radical (unpaired) electrons. The van der Waals surface area contributed by atoms with Crippen LogP contribution in [0.15, 0.2) is 0 Å². The number of hydrogen-bond donors (Lipinski definition) is 1.